The van der Waals surface area contributed by atoms with Crippen LogP contribution in [0.25, 0.3) is 0 Å². The summed E-state index contributed by atoms with van der Waals surface area (Å²) >= 11 is 0. The number of carbonyl (C=O) groups is 1. The van der Waals surface area contributed by atoms with E-state index in [4.69, 9.17) is 5.73 Å². The number of rotatable bonds is 5. The zero-order chi connectivity index (χ0) is 13.7. The summed E-state index contributed by atoms with van der Waals surface area (Å²) in [5, 5.41) is 2.74. The van der Waals surface area contributed by atoms with Crippen molar-refractivity contribution in [2.24, 2.45) is 11.7 Å². The van der Waals surface area contributed by atoms with Gasteiger partial charge in [0, 0.05) is 18.8 Å². The fourth-order valence-electron chi connectivity index (χ4n) is 1.59. The third kappa shape index (κ3) is 3.43. The van der Waals surface area contributed by atoms with E-state index in [1.807, 2.05) is 20.8 Å². The average Bonchev–Trinajstić information content (AvgIpc) is 2.38. The maximum Gasteiger partial charge on any atom is 0.250 e. The van der Waals surface area contributed by atoms with E-state index in [9.17, 15) is 9.59 Å². The third-order valence-electron chi connectivity index (χ3n) is 3.15. The van der Waals surface area contributed by atoms with Gasteiger partial charge in [0.1, 0.15) is 0 Å². The van der Waals surface area contributed by atoms with Crippen LogP contribution in [0.1, 0.15) is 27.2 Å². The van der Waals surface area contributed by atoms with Crippen LogP contribution in [0, 0.1) is 5.92 Å². The highest BCUT2D eigenvalue weighted by molar-refractivity contribution is 5.94. The number of aromatic nitrogens is 1. The van der Waals surface area contributed by atoms with Crippen LogP contribution in [0.4, 0.5) is 5.69 Å². The Morgan fingerprint density at radius 3 is 2.67 bits per heavy atom. The molecule has 0 aliphatic heterocycles. The zero-order valence-electron chi connectivity index (χ0n) is 11.1. The van der Waals surface area contributed by atoms with Crippen LogP contribution < -0.4 is 16.6 Å². The molecule has 0 bridgehead atoms. The predicted octanol–water partition coefficient (Wildman–Crippen LogP) is 1.18. The normalized spacial score (nSPS) is 14.0. The van der Waals surface area contributed by atoms with Gasteiger partial charge < -0.3 is 15.6 Å². The molecule has 0 aromatic carbocycles. The molecule has 18 heavy (non-hydrogen) atoms. The lowest BCUT2D eigenvalue weighted by Gasteiger charge is -2.18. The van der Waals surface area contributed by atoms with Crippen molar-refractivity contribution >= 4 is 11.6 Å². The molecular weight excluding hydrogens is 230 g/mol. The molecule has 0 fully saturated rings. The van der Waals surface area contributed by atoms with E-state index < -0.39 is 6.04 Å². The van der Waals surface area contributed by atoms with Gasteiger partial charge in [-0.3, -0.25) is 9.59 Å². The number of pyridine rings is 1. The Morgan fingerprint density at radius 1 is 1.44 bits per heavy atom. The van der Waals surface area contributed by atoms with Gasteiger partial charge in [0.15, 0.2) is 0 Å². The Hall–Kier alpha value is -1.62. The number of hydrogen-bond acceptors (Lipinski definition) is 3. The number of aryl methyl sites for hydroxylation is 1. The number of hydrogen-bond donors (Lipinski definition) is 2. The maximum atomic E-state index is 11.9. The van der Waals surface area contributed by atoms with Crippen LogP contribution in [0.15, 0.2) is 23.1 Å². The molecule has 5 nitrogen and oxygen atoms in total. The van der Waals surface area contributed by atoms with E-state index in [1.54, 1.807) is 12.3 Å². The monoisotopic (exact) mass is 251 g/mol. The van der Waals surface area contributed by atoms with Gasteiger partial charge in [-0.2, -0.15) is 0 Å². The molecule has 0 aliphatic rings. The first kappa shape index (κ1) is 14.4. The molecule has 0 spiro atoms. The maximum absolute atomic E-state index is 11.9. The van der Waals surface area contributed by atoms with Crippen LogP contribution in [0.5, 0.6) is 0 Å². The molecule has 100 valence electrons. The van der Waals surface area contributed by atoms with Crippen molar-refractivity contribution in [1.82, 2.24) is 4.57 Å². The van der Waals surface area contributed by atoms with Gasteiger partial charge in [-0.15, -0.1) is 0 Å². The Labute approximate surface area is 107 Å². The summed E-state index contributed by atoms with van der Waals surface area (Å²) in [6.45, 7) is 6.38. The van der Waals surface area contributed by atoms with Crippen molar-refractivity contribution in [2.45, 2.75) is 39.8 Å². The minimum Gasteiger partial charge on any atom is -0.323 e. The third-order valence-corrected chi connectivity index (χ3v) is 3.15. The average molecular weight is 251 g/mol. The second kappa shape index (κ2) is 6.35. The summed E-state index contributed by atoms with van der Waals surface area (Å²) in [6, 6.07) is 2.50. The zero-order valence-corrected chi connectivity index (χ0v) is 11.1. The van der Waals surface area contributed by atoms with Crippen LogP contribution in [-0.2, 0) is 11.3 Å². The molecule has 0 radical (unpaired) electrons. The molecule has 3 N–H and O–H groups in total. The first-order valence-corrected chi connectivity index (χ1v) is 6.26. The Balaban J connectivity index is 2.79. The highest BCUT2D eigenvalue weighted by Gasteiger charge is 2.19. The van der Waals surface area contributed by atoms with Crippen molar-refractivity contribution in [2.75, 3.05) is 5.32 Å². The number of nitrogens with one attached hydrogen (secondary N) is 1. The summed E-state index contributed by atoms with van der Waals surface area (Å²) in [7, 11) is 0. The Morgan fingerprint density at radius 2 is 2.11 bits per heavy atom. The molecule has 0 aliphatic carbocycles. The molecule has 2 atom stereocenters. The van der Waals surface area contributed by atoms with Gasteiger partial charge in [-0.05, 0) is 18.9 Å². The molecule has 5 heteroatoms. The lowest BCUT2D eigenvalue weighted by Crippen LogP contribution is -2.40. The fraction of sp³-hybridized carbons (Fsp3) is 0.538. The molecule has 0 unspecified atom stereocenters. The minimum atomic E-state index is -0.531. The lowest BCUT2D eigenvalue weighted by atomic mass is 9.99. The van der Waals surface area contributed by atoms with Gasteiger partial charge in [-0.25, -0.2) is 0 Å². The standard InChI is InChI=1S/C13H21N3O2/c1-4-9(3)12(14)13(18)15-10-6-7-11(17)16(5-2)8-10/h6-9,12H,4-5,14H2,1-3H3,(H,15,18)/t9-,12-/m0/s1. The highest BCUT2D eigenvalue weighted by Crippen LogP contribution is 2.09. The second-order valence-electron chi connectivity index (χ2n) is 4.44. The SMILES string of the molecule is CC[C@H](C)[C@H](N)C(=O)Nc1ccc(=O)n(CC)c1. The minimum absolute atomic E-state index is 0.0817. The second-order valence-corrected chi connectivity index (χ2v) is 4.44. The Kier molecular flexibility index (Phi) is 5.09. The molecular formula is C13H21N3O2. The first-order chi connectivity index (χ1) is 8.49. The lowest BCUT2D eigenvalue weighted by molar-refractivity contribution is -0.118. The number of amides is 1. The van der Waals surface area contributed by atoms with Crippen molar-refractivity contribution in [3.8, 4) is 0 Å². The number of carbonyl (C=O) groups excluding carboxylic acids is 1. The van der Waals surface area contributed by atoms with E-state index in [1.165, 1.54) is 10.6 Å². The van der Waals surface area contributed by atoms with E-state index in [0.717, 1.165) is 6.42 Å². The summed E-state index contributed by atoms with van der Waals surface area (Å²) in [5.74, 6) is -0.0901. The Bertz CT molecular complexity index is 468. The summed E-state index contributed by atoms with van der Waals surface area (Å²) in [5.41, 5.74) is 6.35. The topological polar surface area (TPSA) is 77.1 Å². The molecule has 1 rings (SSSR count). The summed E-state index contributed by atoms with van der Waals surface area (Å²) in [4.78, 5) is 23.3. The van der Waals surface area contributed by atoms with Gasteiger partial charge in [-0.1, -0.05) is 20.3 Å². The summed E-state index contributed by atoms with van der Waals surface area (Å²) < 4.78 is 1.53. The fourth-order valence-corrected chi connectivity index (χ4v) is 1.59. The van der Waals surface area contributed by atoms with Crippen molar-refractivity contribution < 1.29 is 4.79 Å². The molecule has 1 heterocycles. The predicted molar refractivity (Wildman–Crippen MR) is 72.4 cm³/mol. The van der Waals surface area contributed by atoms with Gasteiger partial charge in [0.25, 0.3) is 5.56 Å². The van der Waals surface area contributed by atoms with E-state index >= 15 is 0 Å². The van der Waals surface area contributed by atoms with Crippen LogP contribution in [0.2, 0.25) is 0 Å². The largest absolute Gasteiger partial charge is 0.323 e. The molecule has 0 saturated carbocycles. The van der Waals surface area contributed by atoms with Gasteiger partial charge in [0.2, 0.25) is 5.91 Å². The first-order valence-electron chi connectivity index (χ1n) is 6.26. The van der Waals surface area contributed by atoms with Crippen LogP contribution in [0.3, 0.4) is 0 Å². The molecule has 0 saturated heterocycles. The van der Waals surface area contributed by atoms with Crippen molar-refractivity contribution in [3.05, 3.63) is 28.7 Å². The number of nitrogens with zero attached hydrogens (tertiary/aromatic N) is 1. The highest BCUT2D eigenvalue weighted by atomic mass is 16.2. The molecule has 1 amide bonds. The van der Waals surface area contributed by atoms with Crippen LogP contribution in [-0.4, -0.2) is 16.5 Å². The molecule has 1 aromatic rings. The van der Waals surface area contributed by atoms with E-state index in [0.29, 0.717) is 12.2 Å². The smallest absolute Gasteiger partial charge is 0.250 e. The number of nitrogens with two attached hydrogens (primary N) is 1. The summed E-state index contributed by atoms with van der Waals surface area (Å²) in [6.07, 6.45) is 2.48. The molecule has 1 aromatic heterocycles. The number of anilines is 1. The van der Waals surface area contributed by atoms with Gasteiger partial charge in [0.05, 0.1) is 11.7 Å². The van der Waals surface area contributed by atoms with E-state index in [-0.39, 0.29) is 17.4 Å². The van der Waals surface area contributed by atoms with Gasteiger partial charge >= 0.3 is 0 Å². The van der Waals surface area contributed by atoms with Crippen molar-refractivity contribution in [3.63, 3.8) is 0 Å². The van der Waals surface area contributed by atoms with Crippen LogP contribution >= 0.6 is 0 Å². The van der Waals surface area contributed by atoms with E-state index in [2.05, 4.69) is 5.32 Å². The van der Waals surface area contributed by atoms with Crippen molar-refractivity contribution in [1.29, 1.82) is 0 Å². The quantitative estimate of drug-likeness (QED) is 0.825.